The molecule has 0 bridgehead atoms. The van der Waals surface area contributed by atoms with Crippen LogP contribution in [-0.4, -0.2) is 32.5 Å². The van der Waals surface area contributed by atoms with Gasteiger partial charge in [-0.05, 0) is 36.6 Å². The molecule has 2 heterocycles. The molecule has 130 valence electrons. The van der Waals surface area contributed by atoms with Gasteiger partial charge in [0.2, 0.25) is 0 Å². The van der Waals surface area contributed by atoms with E-state index in [0.717, 1.165) is 5.69 Å². The Morgan fingerprint density at radius 1 is 1.36 bits per heavy atom. The molecule has 0 fully saturated rings. The molecule has 3 rings (SSSR count). The first-order valence-electron chi connectivity index (χ1n) is 8.09. The summed E-state index contributed by atoms with van der Waals surface area (Å²) in [7, 11) is 0. The molecule has 2 aromatic rings. The highest BCUT2D eigenvalue weighted by Crippen LogP contribution is 2.22. The number of amides is 2. The first kappa shape index (κ1) is 16.8. The van der Waals surface area contributed by atoms with Crippen LogP contribution in [0.15, 0.2) is 54.3 Å². The van der Waals surface area contributed by atoms with E-state index < -0.39 is 17.9 Å². The fraction of sp³-hybridized carbons (Fsp3) is 0.278. The SMILES string of the molecule is CC(C)CC1NC(=O)C(C(=O)Nc2ccc(-n3ccnc3)cc2)=C1O. The van der Waals surface area contributed by atoms with Crippen molar-refractivity contribution < 1.29 is 14.7 Å². The molecule has 1 unspecified atom stereocenters. The maximum atomic E-state index is 12.4. The maximum absolute atomic E-state index is 12.4. The molecule has 1 aromatic carbocycles. The third-order valence-electron chi connectivity index (χ3n) is 3.98. The van der Waals surface area contributed by atoms with Gasteiger partial charge < -0.3 is 20.3 Å². The number of carbonyl (C=O) groups is 2. The summed E-state index contributed by atoms with van der Waals surface area (Å²) >= 11 is 0. The van der Waals surface area contributed by atoms with E-state index >= 15 is 0 Å². The van der Waals surface area contributed by atoms with Crippen molar-refractivity contribution in [2.75, 3.05) is 5.32 Å². The van der Waals surface area contributed by atoms with E-state index in [1.165, 1.54) is 0 Å². The molecule has 0 radical (unpaired) electrons. The van der Waals surface area contributed by atoms with Crippen molar-refractivity contribution in [3.05, 3.63) is 54.3 Å². The predicted molar refractivity (Wildman–Crippen MR) is 93.2 cm³/mol. The van der Waals surface area contributed by atoms with Crippen molar-refractivity contribution in [3.8, 4) is 5.69 Å². The molecule has 0 saturated heterocycles. The molecule has 3 N–H and O–H groups in total. The molecule has 0 spiro atoms. The number of imidazole rings is 1. The van der Waals surface area contributed by atoms with Gasteiger partial charge in [0.05, 0.1) is 12.4 Å². The molecule has 0 saturated carbocycles. The number of aromatic nitrogens is 2. The van der Waals surface area contributed by atoms with Crippen molar-refractivity contribution in [1.82, 2.24) is 14.9 Å². The minimum Gasteiger partial charge on any atom is -0.509 e. The molecule has 1 aliphatic rings. The molecule has 1 atom stereocenters. The Morgan fingerprint density at radius 3 is 2.68 bits per heavy atom. The van der Waals surface area contributed by atoms with Gasteiger partial charge in [-0.3, -0.25) is 9.59 Å². The molecule has 0 aliphatic carbocycles. The minimum atomic E-state index is -0.614. The monoisotopic (exact) mass is 340 g/mol. The van der Waals surface area contributed by atoms with Gasteiger partial charge >= 0.3 is 0 Å². The van der Waals surface area contributed by atoms with Crippen molar-refractivity contribution in [2.24, 2.45) is 5.92 Å². The van der Waals surface area contributed by atoms with Gasteiger partial charge in [-0.25, -0.2) is 4.98 Å². The van der Waals surface area contributed by atoms with Crippen LogP contribution < -0.4 is 10.6 Å². The van der Waals surface area contributed by atoms with Crippen molar-refractivity contribution in [3.63, 3.8) is 0 Å². The summed E-state index contributed by atoms with van der Waals surface area (Å²) < 4.78 is 1.83. The molecule has 2 amide bonds. The molecular weight excluding hydrogens is 320 g/mol. The van der Waals surface area contributed by atoms with Crippen LogP contribution in [0.3, 0.4) is 0 Å². The van der Waals surface area contributed by atoms with Gasteiger partial charge in [0.15, 0.2) is 0 Å². The first-order chi connectivity index (χ1) is 12.0. The number of anilines is 1. The highest BCUT2D eigenvalue weighted by molar-refractivity contribution is 6.24. The highest BCUT2D eigenvalue weighted by Gasteiger charge is 2.36. The van der Waals surface area contributed by atoms with Crippen LogP contribution in [0.2, 0.25) is 0 Å². The van der Waals surface area contributed by atoms with Crippen LogP contribution >= 0.6 is 0 Å². The number of hydrogen-bond donors (Lipinski definition) is 3. The zero-order chi connectivity index (χ0) is 18.0. The van der Waals surface area contributed by atoms with Crippen molar-refractivity contribution in [2.45, 2.75) is 26.3 Å². The lowest BCUT2D eigenvalue weighted by Gasteiger charge is -2.12. The van der Waals surface area contributed by atoms with E-state index in [4.69, 9.17) is 0 Å². The third-order valence-corrected chi connectivity index (χ3v) is 3.98. The Labute approximate surface area is 145 Å². The molecule has 1 aromatic heterocycles. The number of nitrogens with one attached hydrogen (secondary N) is 2. The van der Waals surface area contributed by atoms with Crippen LogP contribution in [0.25, 0.3) is 5.69 Å². The number of rotatable bonds is 5. The summed E-state index contributed by atoms with van der Waals surface area (Å²) in [5.41, 5.74) is 1.21. The van der Waals surface area contributed by atoms with Gasteiger partial charge in [-0.15, -0.1) is 0 Å². The van der Waals surface area contributed by atoms with Gasteiger partial charge in [0.25, 0.3) is 11.8 Å². The topological polar surface area (TPSA) is 96.3 Å². The number of aliphatic hydroxyl groups excluding tert-OH is 1. The largest absolute Gasteiger partial charge is 0.509 e. The Hall–Kier alpha value is -3.09. The summed E-state index contributed by atoms with van der Waals surface area (Å²) in [5, 5.41) is 15.5. The van der Waals surface area contributed by atoms with Gasteiger partial charge in [-0.1, -0.05) is 13.8 Å². The van der Waals surface area contributed by atoms with E-state index in [-0.39, 0.29) is 17.3 Å². The van der Waals surface area contributed by atoms with Crippen LogP contribution in [0, 0.1) is 5.92 Å². The lowest BCUT2D eigenvalue weighted by Crippen LogP contribution is -2.31. The molecule has 7 nitrogen and oxygen atoms in total. The van der Waals surface area contributed by atoms with Crippen LogP contribution in [-0.2, 0) is 9.59 Å². The summed E-state index contributed by atoms with van der Waals surface area (Å²) in [4.78, 5) is 28.4. The standard InChI is InChI=1S/C18H20N4O3/c1-11(2)9-14-16(23)15(18(25)21-14)17(24)20-12-3-5-13(6-4-12)22-8-7-19-10-22/h3-8,10-11,14,23H,9H2,1-2H3,(H,20,24)(H,21,25). The maximum Gasteiger partial charge on any atom is 0.264 e. The number of aliphatic hydroxyl groups is 1. The first-order valence-corrected chi connectivity index (χ1v) is 8.09. The van der Waals surface area contributed by atoms with Gasteiger partial charge in [0, 0.05) is 23.8 Å². The Bertz CT molecular complexity index is 807. The molecule has 7 heteroatoms. The lowest BCUT2D eigenvalue weighted by molar-refractivity contribution is -0.120. The number of hydrogen-bond acceptors (Lipinski definition) is 4. The lowest BCUT2D eigenvalue weighted by atomic mass is 10.0. The van der Waals surface area contributed by atoms with Crippen LogP contribution in [0.1, 0.15) is 20.3 Å². The average Bonchev–Trinajstić information content (AvgIpc) is 3.17. The third kappa shape index (κ3) is 3.55. The zero-order valence-electron chi connectivity index (χ0n) is 14.1. The normalized spacial score (nSPS) is 17.1. The average molecular weight is 340 g/mol. The van der Waals surface area contributed by atoms with E-state index in [2.05, 4.69) is 15.6 Å². The number of nitrogens with zero attached hydrogens (tertiary/aromatic N) is 2. The van der Waals surface area contributed by atoms with Crippen molar-refractivity contribution in [1.29, 1.82) is 0 Å². The number of benzene rings is 1. The minimum absolute atomic E-state index is 0.189. The molecular formula is C18H20N4O3. The Morgan fingerprint density at radius 2 is 2.08 bits per heavy atom. The fourth-order valence-corrected chi connectivity index (χ4v) is 2.77. The second-order valence-corrected chi connectivity index (χ2v) is 6.39. The summed E-state index contributed by atoms with van der Waals surface area (Å²) in [6.45, 7) is 3.97. The summed E-state index contributed by atoms with van der Waals surface area (Å²) in [6, 6.07) is 6.59. The summed E-state index contributed by atoms with van der Waals surface area (Å²) in [6.07, 6.45) is 5.74. The Kier molecular flexibility index (Phi) is 4.56. The second kappa shape index (κ2) is 6.80. The zero-order valence-corrected chi connectivity index (χ0v) is 14.1. The fourth-order valence-electron chi connectivity index (χ4n) is 2.77. The van der Waals surface area contributed by atoms with Gasteiger partial charge in [0.1, 0.15) is 11.3 Å². The van der Waals surface area contributed by atoms with E-state index in [9.17, 15) is 14.7 Å². The van der Waals surface area contributed by atoms with Crippen LogP contribution in [0.5, 0.6) is 0 Å². The Balaban J connectivity index is 1.73. The smallest absolute Gasteiger partial charge is 0.264 e. The van der Waals surface area contributed by atoms with E-state index in [0.29, 0.717) is 12.1 Å². The van der Waals surface area contributed by atoms with E-state index in [1.54, 1.807) is 24.7 Å². The summed E-state index contributed by atoms with van der Waals surface area (Å²) in [5.74, 6) is -1.07. The van der Waals surface area contributed by atoms with Crippen molar-refractivity contribution >= 4 is 17.5 Å². The van der Waals surface area contributed by atoms with E-state index in [1.807, 2.05) is 36.7 Å². The predicted octanol–water partition coefficient (Wildman–Crippen LogP) is 2.17. The number of carbonyl (C=O) groups excluding carboxylic acids is 2. The molecule has 25 heavy (non-hydrogen) atoms. The second-order valence-electron chi connectivity index (χ2n) is 6.39. The highest BCUT2D eigenvalue weighted by atomic mass is 16.3. The van der Waals surface area contributed by atoms with Crippen LogP contribution in [0.4, 0.5) is 5.69 Å². The molecule has 1 aliphatic heterocycles. The quantitative estimate of drug-likeness (QED) is 0.727. The van der Waals surface area contributed by atoms with Gasteiger partial charge in [-0.2, -0.15) is 0 Å².